The van der Waals surface area contributed by atoms with Gasteiger partial charge in [0, 0.05) is 24.0 Å². The molecule has 34 heavy (non-hydrogen) atoms. The molecule has 0 spiro atoms. The second kappa shape index (κ2) is 9.13. The Labute approximate surface area is 206 Å². The fraction of sp³-hybridized carbons (Fsp3) is 0.438. The third-order valence-electron chi connectivity index (χ3n) is 6.59. The van der Waals surface area contributed by atoms with Crippen molar-refractivity contribution in [1.29, 1.82) is 0 Å². The number of ketones is 2. The van der Waals surface area contributed by atoms with Crippen LogP contribution in [0.2, 0.25) is 0 Å². The molecule has 2 aliphatic carbocycles. The maximum atomic E-state index is 12.2. The average molecular weight is 457 g/mol. The van der Waals surface area contributed by atoms with Crippen molar-refractivity contribution < 1.29 is 9.59 Å². The van der Waals surface area contributed by atoms with E-state index in [1.54, 1.807) is 0 Å². The molecule has 0 radical (unpaired) electrons. The minimum absolute atomic E-state index is 0.0510. The van der Waals surface area contributed by atoms with Crippen molar-refractivity contribution in [3.8, 4) is 0 Å². The Bertz CT molecular complexity index is 1170. The van der Waals surface area contributed by atoms with Gasteiger partial charge < -0.3 is 0 Å². The van der Waals surface area contributed by atoms with E-state index in [2.05, 4.69) is 92.7 Å². The smallest absolute Gasteiger partial charge is 0.163 e. The lowest BCUT2D eigenvalue weighted by Gasteiger charge is -2.27. The van der Waals surface area contributed by atoms with Gasteiger partial charge in [0.05, 0.1) is 0 Å². The fourth-order valence-corrected chi connectivity index (χ4v) is 4.47. The molecule has 2 heteroatoms. The van der Waals surface area contributed by atoms with E-state index in [0.29, 0.717) is 12.8 Å². The first-order chi connectivity index (χ1) is 15.6. The van der Waals surface area contributed by atoms with E-state index >= 15 is 0 Å². The highest BCUT2D eigenvalue weighted by Crippen LogP contribution is 2.35. The van der Waals surface area contributed by atoms with Crippen molar-refractivity contribution in [3.63, 3.8) is 0 Å². The van der Waals surface area contributed by atoms with Crippen LogP contribution in [0.5, 0.6) is 0 Å². The van der Waals surface area contributed by atoms with E-state index in [4.69, 9.17) is 0 Å². The lowest BCUT2D eigenvalue weighted by molar-refractivity contribution is -0.116. The lowest BCUT2D eigenvalue weighted by Crippen LogP contribution is -2.23. The third-order valence-corrected chi connectivity index (χ3v) is 6.59. The first-order valence-corrected chi connectivity index (χ1v) is 12.3. The molecule has 2 aromatic carbocycles. The number of allylic oxidation sites excluding steroid dienone is 2. The summed E-state index contributed by atoms with van der Waals surface area (Å²) in [5, 5.41) is 0. The van der Waals surface area contributed by atoms with Crippen LogP contribution in [0.4, 0.5) is 0 Å². The van der Waals surface area contributed by atoms with Gasteiger partial charge in [0.2, 0.25) is 0 Å². The van der Waals surface area contributed by atoms with Gasteiger partial charge in [0.25, 0.3) is 0 Å². The molecule has 2 aliphatic rings. The maximum absolute atomic E-state index is 12.2. The summed E-state index contributed by atoms with van der Waals surface area (Å²) in [7, 11) is 0. The molecule has 0 unspecified atom stereocenters. The van der Waals surface area contributed by atoms with E-state index in [9.17, 15) is 9.59 Å². The number of benzene rings is 2. The van der Waals surface area contributed by atoms with Crippen LogP contribution in [0, 0.1) is 10.8 Å². The van der Waals surface area contributed by atoms with Crippen molar-refractivity contribution >= 4 is 23.7 Å². The fourth-order valence-electron chi connectivity index (χ4n) is 4.47. The first kappa shape index (κ1) is 25.9. The molecule has 2 aromatic rings. The third kappa shape index (κ3) is 5.84. The molecule has 180 valence electrons. The molecule has 0 aromatic heterocycles. The van der Waals surface area contributed by atoms with Gasteiger partial charge in [-0.05, 0) is 56.2 Å². The van der Waals surface area contributed by atoms with Crippen LogP contribution in [0.25, 0.3) is 12.2 Å². The number of rotatable bonds is 0. The molecule has 0 aliphatic heterocycles. The van der Waals surface area contributed by atoms with Crippen LogP contribution in [-0.4, -0.2) is 11.6 Å². The van der Waals surface area contributed by atoms with Gasteiger partial charge in [-0.1, -0.05) is 105 Å². The van der Waals surface area contributed by atoms with Gasteiger partial charge >= 0.3 is 0 Å². The molecule has 4 rings (SSSR count). The predicted octanol–water partition coefficient (Wildman–Crippen LogP) is 7.78. The number of hydrogen-bond acceptors (Lipinski definition) is 2. The Morgan fingerprint density at radius 1 is 0.559 bits per heavy atom. The van der Waals surface area contributed by atoms with Gasteiger partial charge in [0.15, 0.2) is 11.6 Å². The Balaban J connectivity index is 0.000000196. The van der Waals surface area contributed by atoms with E-state index in [0.717, 1.165) is 22.3 Å². The molecule has 0 bridgehead atoms. The van der Waals surface area contributed by atoms with E-state index in [1.807, 2.05) is 24.3 Å². The standard InChI is InChI=1S/C18H24O.C14H16O/c1-17(2,3)14-8-7-12-11-16(19)15(18(4,5)6)10-13(12)9-14;1-14(2,3)12-8-10-6-4-5-7-11(10)9-13(12)15/h7-10H,11H2,1-6H3;4-8H,9H2,1-3H3. The van der Waals surface area contributed by atoms with Crippen molar-refractivity contribution in [2.45, 2.75) is 80.6 Å². The zero-order chi connectivity index (χ0) is 25.5. The molecular formula is C32H40O2. The normalized spacial score (nSPS) is 16.0. The van der Waals surface area contributed by atoms with E-state index in [1.165, 1.54) is 16.7 Å². The minimum Gasteiger partial charge on any atom is -0.294 e. The molecule has 0 heterocycles. The number of fused-ring (bicyclic) bond motifs is 2. The molecule has 0 amide bonds. The molecule has 0 saturated heterocycles. The summed E-state index contributed by atoms with van der Waals surface area (Å²) in [6.07, 6.45) is 5.24. The highest BCUT2D eigenvalue weighted by molar-refractivity contribution is 6.05. The Morgan fingerprint density at radius 2 is 1.03 bits per heavy atom. The number of Topliss-reactive ketones (excluding diaryl/α,β-unsaturated/α-hetero) is 2. The Morgan fingerprint density at radius 3 is 1.53 bits per heavy atom. The summed E-state index contributed by atoms with van der Waals surface area (Å²) < 4.78 is 0. The molecule has 0 saturated carbocycles. The van der Waals surface area contributed by atoms with Gasteiger partial charge in [0.1, 0.15) is 0 Å². The van der Waals surface area contributed by atoms with Gasteiger partial charge in [-0.25, -0.2) is 0 Å². The van der Waals surface area contributed by atoms with Gasteiger partial charge in [-0.15, -0.1) is 0 Å². The summed E-state index contributed by atoms with van der Waals surface area (Å²) in [6.45, 7) is 19.2. The second-order valence-electron chi connectivity index (χ2n) is 12.7. The summed E-state index contributed by atoms with van der Waals surface area (Å²) in [4.78, 5) is 24.2. The predicted molar refractivity (Wildman–Crippen MR) is 144 cm³/mol. The van der Waals surface area contributed by atoms with E-state index in [-0.39, 0.29) is 27.8 Å². The van der Waals surface area contributed by atoms with Crippen molar-refractivity contribution in [2.24, 2.45) is 10.8 Å². The quantitative estimate of drug-likeness (QED) is 0.405. The minimum atomic E-state index is -0.0769. The van der Waals surface area contributed by atoms with Crippen LogP contribution < -0.4 is 0 Å². The Hall–Kier alpha value is -2.74. The summed E-state index contributed by atoms with van der Waals surface area (Å²) >= 11 is 0. The zero-order valence-corrected chi connectivity index (χ0v) is 22.4. The van der Waals surface area contributed by atoms with Crippen molar-refractivity contribution in [1.82, 2.24) is 0 Å². The van der Waals surface area contributed by atoms with Crippen LogP contribution in [0.3, 0.4) is 0 Å². The van der Waals surface area contributed by atoms with E-state index < -0.39 is 0 Å². The number of carbonyl (C=O) groups excluding carboxylic acids is 2. The van der Waals surface area contributed by atoms with Crippen LogP contribution >= 0.6 is 0 Å². The summed E-state index contributed by atoms with van der Waals surface area (Å²) in [6, 6.07) is 14.6. The average Bonchev–Trinajstić information content (AvgIpc) is 2.70. The zero-order valence-electron chi connectivity index (χ0n) is 22.4. The largest absolute Gasteiger partial charge is 0.294 e. The summed E-state index contributed by atoms with van der Waals surface area (Å²) in [5.41, 5.74) is 7.96. The molecular weight excluding hydrogens is 416 g/mol. The molecule has 0 N–H and O–H groups in total. The summed E-state index contributed by atoms with van der Waals surface area (Å²) in [5.74, 6) is 0.532. The van der Waals surface area contributed by atoms with Crippen molar-refractivity contribution in [3.05, 3.63) is 81.4 Å². The molecule has 2 nitrogen and oxygen atoms in total. The van der Waals surface area contributed by atoms with Crippen LogP contribution in [-0.2, 0) is 27.8 Å². The van der Waals surface area contributed by atoms with Gasteiger partial charge in [-0.2, -0.15) is 0 Å². The molecule has 0 fully saturated rings. The number of carbonyl (C=O) groups is 2. The lowest BCUT2D eigenvalue weighted by atomic mass is 9.76. The second-order valence-corrected chi connectivity index (χ2v) is 12.7. The SMILES string of the molecule is CC(C)(C)C1=Cc2cc(C(C)(C)C)ccc2CC1=O.CC(C)(C)C1=Cc2ccccc2CC1=O. The monoisotopic (exact) mass is 456 g/mol. The van der Waals surface area contributed by atoms with Crippen molar-refractivity contribution in [2.75, 3.05) is 0 Å². The van der Waals surface area contributed by atoms with Crippen LogP contribution in [0.1, 0.15) is 90.1 Å². The maximum Gasteiger partial charge on any atom is 0.163 e. The highest BCUT2D eigenvalue weighted by atomic mass is 16.1. The first-order valence-electron chi connectivity index (χ1n) is 12.3. The number of hydrogen-bond donors (Lipinski definition) is 0. The van der Waals surface area contributed by atoms with Crippen LogP contribution in [0.15, 0.2) is 53.6 Å². The molecule has 0 atom stereocenters. The topological polar surface area (TPSA) is 34.1 Å². The Kier molecular flexibility index (Phi) is 6.95. The highest BCUT2D eigenvalue weighted by Gasteiger charge is 2.29. The van der Waals surface area contributed by atoms with Gasteiger partial charge in [-0.3, -0.25) is 9.59 Å².